The molecule has 3 nitrogen and oxygen atoms in total. The highest BCUT2D eigenvalue weighted by Gasteiger charge is 2.14. The molecule has 0 saturated carbocycles. The molecule has 0 fully saturated rings. The summed E-state index contributed by atoms with van der Waals surface area (Å²) in [6, 6.07) is 10.6. The van der Waals surface area contributed by atoms with E-state index in [1.54, 1.807) is 0 Å². The number of aryl methyl sites for hydroxylation is 1. The fraction of sp³-hybridized carbons (Fsp3) is 0.353. The molecule has 0 saturated heterocycles. The lowest BCUT2D eigenvalue weighted by Gasteiger charge is -2.13. The van der Waals surface area contributed by atoms with Crippen LogP contribution in [0.15, 0.2) is 35.7 Å². The highest BCUT2D eigenvalue weighted by atomic mass is 32.1. The third-order valence-corrected chi connectivity index (χ3v) is 4.27. The first kappa shape index (κ1) is 15.7. The second kappa shape index (κ2) is 7.38. The predicted molar refractivity (Wildman–Crippen MR) is 90.0 cm³/mol. The van der Waals surface area contributed by atoms with Gasteiger partial charge in [-0.15, -0.1) is 11.3 Å². The zero-order chi connectivity index (χ0) is 15.2. The fourth-order valence-corrected chi connectivity index (χ4v) is 3.02. The van der Waals surface area contributed by atoms with Crippen molar-refractivity contribution in [2.45, 2.75) is 26.8 Å². The van der Waals surface area contributed by atoms with E-state index in [1.807, 2.05) is 11.4 Å². The second-order valence-electron chi connectivity index (χ2n) is 5.20. The lowest BCUT2D eigenvalue weighted by molar-refractivity contribution is 0.0955. The van der Waals surface area contributed by atoms with Crippen molar-refractivity contribution >= 4 is 17.2 Å². The normalized spacial score (nSPS) is 12.1. The summed E-state index contributed by atoms with van der Waals surface area (Å²) in [6.07, 6.45) is 0. The summed E-state index contributed by atoms with van der Waals surface area (Å²) in [5, 5.41) is 8.26. The first-order valence-corrected chi connectivity index (χ1v) is 8.16. The number of nitrogens with one attached hydrogen (secondary N) is 2. The first-order valence-electron chi connectivity index (χ1n) is 7.28. The Kier molecular flexibility index (Phi) is 5.53. The average molecular weight is 302 g/mol. The Bertz CT molecular complexity index is 589. The van der Waals surface area contributed by atoms with E-state index in [2.05, 4.69) is 55.7 Å². The fourth-order valence-electron chi connectivity index (χ4n) is 2.19. The van der Waals surface area contributed by atoms with Crippen LogP contribution in [0.1, 0.15) is 29.1 Å². The molecule has 1 aromatic carbocycles. The van der Waals surface area contributed by atoms with Gasteiger partial charge in [-0.2, -0.15) is 0 Å². The van der Waals surface area contributed by atoms with Gasteiger partial charge in [-0.3, -0.25) is 4.79 Å². The molecule has 21 heavy (non-hydrogen) atoms. The largest absolute Gasteiger partial charge is 0.350 e. The molecule has 0 spiro atoms. The third kappa shape index (κ3) is 4.16. The van der Waals surface area contributed by atoms with Crippen molar-refractivity contribution in [2.24, 2.45) is 0 Å². The van der Waals surface area contributed by atoms with Crippen LogP contribution < -0.4 is 10.6 Å². The van der Waals surface area contributed by atoms with Gasteiger partial charge in [-0.25, -0.2) is 0 Å². The van der Waals surface area contributed by atoms with Crippen molar-refractivity contribution in [2.75, 3.05) is 13.1 Å². The predicted octanol–water partition coefficient (Wildman–Crippen LogP) is 3.45. The van der Waals surface area contributed by atoms with E-state index >= 15 is 0 Å². The summed E-state index contributed by atoms with van der Waals surface area (Å²) in [6.45, 7) is 7.74. The van der Waals surface area contributed by atoms with Crippen molar-refractivity contribution in [1.29, 1.82) is 0 Å². The van der Waals surface area contributed by atoms with Crippen LogP contribution in [-0.4, -0.2) is 25.0 Å². The Hall–Kier alpha value is -1.65. The molecule has 2 N–H and O–H groups in total. The molecule has 1 heterocycles. The number of hydrogen-bond donors (Lipinski definition) is 2. The van der Waals surface area contributed by atoms with E-state index in [9.17, 15) is 4.79 Å². The maximum absolute atomic E-state index is 12.3. The van der Waals surface area contributed by atoms with Crippen LogP contribution in [-0.2, 0) is 0 Å². The number of carbonyl (C=O) groups excluding carboxylic acids is 1. The molecule has 0 bridgehead atoms. The Labute approximate surface area is 130 Å². The molecule has 1 atom stereocenters. The van der Waals surface area contributed by atoms with E-state index < -0.39 is 0 Å². The van der Waals surface area contributed by atoms with E-state index in [0.717, 1.165) is 22.5 Å². The molecule has 0 aliphatic heterocycles. The number of thiophene rings is 1. The van der Waals surface area contributed by atoms with Crippen LogP contribution in [0.5, 0.6) is 0 Å². The summed E-state index contributed by atoms with van der Waals surface area (Å²) in [5.41, 5.74) is 3.32. The van der Waals surface area contributed by atoms with Crippen molar-refractivity contribution in [1.82, 2.24) is 10.6 Å². The highest BCUT2D eigenvalue weighted by Crippen LogP contribution is 2.28. The van der Waals surface area contributed by atoms with Crippen molar-refractivity contribution < 1.29 is 4.79 Å². The molecule has 1 aromatic heterocycles. The van der Waals surface area contributed by atoms with Crippen LogP contribution >= 0.6 is 11.3 Å². The first-order chi connectivity index (χ1) is 10.1. The van der Waals surface area contributed by atoms with Crippen LogP contribution in [0.25, 0.3) is 11.1 Å². The Morgan fingerprint density at radius 1 is 1.24 bits per heavy atom. The van der Waals surface area contributed by atoms with Gasteiger partial charge in [-0.05, 0) is 37.4 Å². The number of rotatable bonds is 6. The van der Waals surface area contributed by atoms with Crippen molar-refractivity contribution in [3.05, 3.63) is 46.2 Å². The SMILES string of the molecule is CCN[C@H](C)CNC(=O)c1sccc1-c1ccc(C)cc1. The number of hydrogen-bond acceptors (Lipinski definition) is 3. The zero-order valence-electron chi connectivity index (χ0n) is 12.8. The number of carbonyl (C=O) groups is 1. The molecule has 2 aromatic rings. The zero-order valence-corrected chi connectivity index (χ0v) is 13.6. The van der Waals surface area contributed by atoms with Crippen LogP contribution in [0.4, 0.5) is 0 Å². The highest BCUT2D eigenvalue weighted by molar-refractivity contribution is 7.12. The van der Waals surface area contributed by atoms with Gasteiger partial charge in [0.25, 0.3) is 5.91 Å². The number of amides is 1. The van der Waals surface area contributed by atoms with Crippen LogP contribution in [0.3, 0.4) is 0 Å². The van der Waals surface area contributed by atoms with Gasteiger partial charge in [0.05, 0.1) is 4.88 Å². The van der Waals surface area contributed by atoms with Gasteiger partial charge in [0, 0.05) is 18.2 Å². The van der Waals surface area contributed by atoms with Crippen LogP contribution in [0.2, 0.25) is 0 Å². The van der Waals surface area contributed by atoms with Gasteiger partial charge in [0.1, 0.15) is 0 Å². The molecular formula is C17H22N2OS. The standard InChI is InChI=1S/C17H22N2OS/c1-4-18-13(3)11-19-17(20)16-15(9-10-21-16)14-7-5-12(2)6-8-14/h5-10,13,18H,4,11H2,1-3H3,(H,19,20)/t13-/m1/s1. The van der Waals surface area contributed by atoms with E-state index in [-0.39, 0.29) is 11.9 Å². The van der Waals surface area contributed by atoms with Crippen molar-refractivity contribution in [3.63, 3.8) is 0 Å². The van der Waals surface area contributed by atoms with Crippen molar-refractivity contribution in [3.8, 4) is 11.1 Å². The van der Waals surface area contributed by atoms with Gasteiger partial charge in [0.2, 0.25) is 0 Å². The summed E-state index contributed by atoms with van der Waals surface area (Å²) in [5.74, 6) is 0.00493. The minimum Gasteiger partial charge on any atom is -0.350 e. The molecule has 2 rings (SSSR count). The van der Waals surface area contributed by atoms with Crippen LogP contribution in [0, 0.1) is 6.92 Å². The maximum atomic E-state index is 12.3. The summed E-state index contributed by atoms with van der Waals surface area (Å²) < 4.78 is 0. The number of likely N-dealkylation sites (N-methyl/N-ethyl adjacent to an activating group) is 1. The molecule has 1 amide bonds. The molecule has 0 radical (unpaired) electrons. The molecular weight excluding hydrogens is 280 g/mol. The molecule has 0 aliphatic carbocycles. The minimum absolute atomic E-state index is 0.00493. The molecule has 4 heteroatoms. The monoisotopic (exact) mass is 302 g/mol. The third-order valence-electron chi connectivity index (χ3n) is 3.36. The lowest BCUT2D eigenvalue weighted by Crippen LogP contribution is -2.38. The van der Waals surface area contributed by atoms with E-state index in [1.165, 1.54) is 16.9 Å². The summed E-state index contributed by atoms with van der Waals surface area (Å²) in [7, 11) is 0. The van der Waals surface area contributed by atoms with Gasteiger partial charge >= 0.3 is 0 Å². The summed E-state index contributed by atoms with van der Waals surface area (Å²) >= 11 is 1.49. The Morgan fingerprint density at radius 3 is 2.62 bits per heavy atom. The van der Waals surface area contributed by atoms with Gasteiger partial charge in [-0.1, -0.05) is 36.8 Å². The Morgan fingerprint density at radius 2 is 1.95 bits per heavy atom. The number of benzene rings is 1. The average Bonchev–Trinajstić information content (AvgIpc) is 2.95. The topological polar surface area (TPSA) is 41.1 Å². The smallest absolute Gasteiger partial charge is 0.262 e. The van der Waals surface area contributed by atoms with E-state index in [4.69, 9.17) is 0 Å². The Balaban J connectivity index is 2.09. The van der Waals surface area contributed by atoms with Gasteiger partial charge < -0.3 is 10.6 Å². The second-order valence-corrected chi connectivity index (χ2v) is 6.11. The van der Waals surface area contributed by atoms with Gasteiger partial charge in [0.15, 0.2) is 0 Å². The molecule has 112 valence electrons. The molecule has 0 aliphatic rings. The quantitative estimate of drug-likeness (QED) is 0.858. The maximum Gasteiger partial charge on any atom is 0.262 e. The molecule has 0 unspecified atom stereocenters. The minimum atomic E-state index is 0.00493. The lowest BCUT2D eigenvalue weighted by atomic mass is 10.0. The summed E-state index contributed by atoms with van der Waals surface area (Å²) in [4.78, 5) is 13.1. The van der Waals surface area contributed by atoms with E-state index in [0.29, 0.717) is 6.54 Å².